The first-order valence-electron chi connectivity index (χ1n) is 6.31. The summed E-state index contributed by atoms with van der Waals surface area (Å²) in [5.74, 6) is 0.309. The first-order valence-corrected chi connectivity index (χ1v) is 6.69. The summed E-state index contributed by atoms with van der Waals surface area (Å²) in [6.45, 7) is 3.80. The van der Waals surface area contributed by atoms with Gasteiger partial charge in [-0.25, -0.2) is 0 Å². The molecular formula is C14H20ClNO4. The molecule has 0 saturated heterocycles. The third kappa shape index (κ3) is 5.36. The molecule has 0 aliphatic carbocycles. The van der Waals surface area contributed by atoms with Crippen LogP contribution in [0.4, 0.5) is 0 Å². The molecule has 0 radical (unpaired) electrons. The summed E-state index contributed by atoms with van der Waals surface area (Å²) >= 11 is 5.86. The number of amides is 1. The summed E-state index contributed by atoms with van der Waals surface area (Å²) in [5, 5.41) is 12.7. The number of carbonyl (C=O) groups excluding carboxylic acids is 1. The molecule has 0 heterocycles. The van der Waals surface area contributed by atoms with Crippen molar-refractivity contribution in [1.29, 1.82) is 0 Å². The van der Waals surface area contributed by atoms with Crippen LogP contribution in [0.25, 0.3) is 0 Å². The predicted molar refractivity (Wildman–Crippen MR) is 77.2 cm³/mol. The van der Waals surface area contributed by atoms with Gasteiger partial charge >= 0.3 is 0 Å². The van der Waals surface area contributed by atoms with Crippen molar-refractivity contribution in [3.8, 4) is 5.75 Å². The van der Waals surface area contributed by atoms with Gasteiger partial charge in [-0.05, 0) is 37.6 Å². The molecule has 2 atom stereocenters. The Morgan fingerprint density at radius 2 is 2.20 bits per heavy atom. The maximum atomic E-state index is 11.8. The number of aliphatic hydroxyl groups excluding tert-OH is 1. The zero-order valence-electron chi connectivity index (χ0n) is 11.9. The van der Waals surface area contributed by atoms with Crippen molar-refractivity contribution >= 4 is 17.5 Å². The van der Waals surface area contributed by atoms with Gasteiger partial charge in [-0.2, -0.15) is 0 Å². The Hall–Kier alpha value is -1.30. The largest absolute Gasteiger partial charge is 0.481 e. The molecule has 112 valence electrons. The molecule has 0 aromatic heterocycles. The van der Waals surface area contributed by atoms with E-state index in [9.17, 15) is 9.90 Å². The lowest BCUT2D eigenvalue weighted by molar-refractivity contribution is -0.127. The van der Waals surface area contributed by atoms with Crippen LogP contribution in [0, 0.1) is 6.92 Å². The van der Waals surface area contributed by atoms with Crippen molar-refractivity contribution in [3.05, 3.63) is 28.8 Å². The molecule has 2 N–H and O–H groups in total. The van der Waals surface area contributed by atoms with Gasteiger partial charge in [-0.15, -0.1) is 0 Å². The minimum Gasteiger partial charge on any atom is -0.481 e. The quantitative estimate of drug-likeness (QED) is 0.801. The van der Waals surface area contributed by atoms with Gasteiger partial charge in [0.15, 0.2) is 6.10 Å². The molecule has 2 unspecified atom stereocenters. The van der Waals surface area contributed by atoms with Crippen LogP contribution in [0.2, 0.25) is 5.02 Å². The van der Waals surface area contributed by atoms with Gasteiger partial charge in [0.25, 0.3) is 5.91 Å². The maximum Gasteiger partial charge on any atom is 0.260 e. The lowest BCUT2D eigenvalue weighted by Crippen LogP contribution is -2.41. The molecular weight excluding hydrogens is 282 g/mol. The van der Waals surface area contributed by atoms with Gasteiger partial charge in [0.05, 0.1) is 12.7 Å². The number of aryl methyl sites for hydroxylation is 1. The molecule has 0 saturated carbocycles. The van der Waals surface area contributed by atoms with Crippen LogP contribution in [0.15, 0.2) is 18.2 Å². The van der Waals surface area contributed by atoms with E-state index < -0.39 is 12.2 Å². The SMILES string of the molecule is COCC(O)CNC(=O)C(C)Oc1ccc(Cl)cc1C. The number of aliphatic hydroxyl groups is 1. The Morgan fingerprint density at radius 3 is 2.80 bits per heavy atom. The smallest absolute Gasteiger partial charge is 0.260 e. The summed E-state index contributed by atoms with van der Waals surface area (Å²) in [6, 6.07) is 5.20. The van der Waals surface area contributed by atoms with Crippen LogP contribution >= 0.6 is 11.6 Å². The number of ether oxygens (including phenoxy) is 2. The summed E-state index contributed by atoms with van der Waals surface area (Å²) in [6.07, 6.45) is -1.39. The summed E-state index contributed by atoms with van der Waals surface area (Å²) in [5.41, 5.74) is 0.858. The maximum absolute atomic E-state index is 11.8. The first kappa shape index (κ1) is 16.8. The average Bonchev–Trinajstić information content (AvgIpc) is 2.39. The Bertz CT molecular complexity index is 453. The fourth-order valence-corrected chi connectivity index (χ4v) is 1.83. The second-order valence-electron chi connectivity index (χ2n) is 4.52. The standard InChI is InChI=1S/C14H20ClNO4/c1-9-6-11(15)4-5-13(9)20-10(2)14(18)16-7-12(17)8-19-3/h4-6,10,12,17H,7-8H2,1-3H3,(H,16,18). The monoisotopic (exact) mass is 301 g/mol. The molecule has 0 aliphatic heterocycles. The number of rotatable bonds is 7. The first-order chi connectivity index (χ1) is 9.43. The average molecular weight is 302 g/mol. The van der Waals surface area contributed by atoms with Crippen molar-refractivity contribution in [3.63, 3.8) is 0 Å². The summed E-state index contributed by atoms with van der Waals surface area (Å²) < 4.78 is 10.3. The highest BCUT2D eigenvalue weighted by atomic mass is 35.5. The Balaban J connectivity index is 2.49. The summed E-state index contributed by atoms with van der Waals surface area (Å²) in [7, 11) is 1.49. The molecule has 1 aromatic carbocycles. The number of nitrogens with one attached hydrogen (secondary N) is 1. The van der Waals surface area contributed by atoms with E-state index in [1.54, 1.807) is 25.1 Å². The van der Waals surface area contributed by atoms with E-state index in [2.05, 4.69) is 5.32 Å². The highest BCUT2D eigenvalue weighted by Crippen LogP contribution is 2.22. The Labute approximate surface area is 123 Å². The van der Waals surface area contributed by atoms with E-state index in [1.807, 2.05) is 6.92 Å². The van der Waals surface area contributed by atoms with E-state index in [-0.39, 0.29) is 19.1 Å². The molecule has 0 fully saturated rings. The fourth-order valence-electron chi connectivity index (χ4n) is 1.60. The lowest BCUT2D eigenvalue weighted by Gasteiger charge is -2.17. The van der Waals surface area contributed by atoms with E-state index in [0.717, 1.165) is 5.56 Å². The van der Waals surface area contributed by atoms with Crippen molar-refractivity contribution in [2.45, 2.75) is 26.1 Å². The number of methoxy groups -OCH3 is 1. The van der Waals surface area contributed by atoms with E-state index in [1.165, 1.54) is 7.11 Å². The normalized spacial score (nSPS) is 13.7. The van der Waals surface area contributed by atoms with Gasteiger partial charge in [0.2, 0.25) is 0 Å². The molecule has 0 aliphatic rings. The number of hydrogen-bond donors (Lipinski definition) is 2. The summed E-state index contributed by atoms with van der Waals surface area (Å²) in [4.78, 5) is 11.8. The molecule has 1 amide bonds. The van der Waals surface area contributed by atoms with Crippen molar-refractivity contribution in [2.24, 2.45) is 0 Å². The highest BCUT2D eigenvalue weighted by Gasteiger charge is 2.16. The molecule has 0 spiro atoms. The van der Waals surface area contributed by atoms with E-state index in [4.69, 9.17) is 21.1 Å². The van der Waals surface area contributed by atoms with Crippen LogP contribution in [-0.2, 0) is 9.53 Å². The zero-order valence-corrected chi connectivity index (χ0v) is 12.6. The highest BCUT2D eigenvalue weighted by molar-refractivity contribution is 6.30. The minimum absolute atomic E-state index is 0.125. The van der Waals surface area contributed by atoms with Crippen molar-refractivity contribution in [2.75, 3.05) is 20.3 Å². The molecule has 20 heavy (non-hydrogen) atoms. The van der Waals surface area contributed by atoms with Gasteiger partial charge < -0.3 is 19.9 Å². The van der Waals surface area contributed by atoms with Crippen molar-refractivity contribution in [1.82, 2.24) is 5.32 Å². The second-order valence-corrected chi connectivity index (χ2v) is 4.96. The molecule has 1 aromatic rings. The molecule has 1 rings (SSSR count). The van der Waals surface area contributed by atoms with Crippen molar-refractivity contribution < 1.29 is 19.4 Å². The second kappa shape index (κ2) is 8.09. The van der Waals surface area contributed by atoms with Gasteiger partial charge in [0, 0.05) is 18.7 Å². The third-order valence-corrected chi connectivity index (χ3v) is 2.92. The fraction of sp³-hybridized carbons (Fsp3) is 0.500. The van der Waals surface area contributed by atoms with Gasteiger partial charge in [-0.3, -0.25) is 4.79 Å². The predicted octanol–water partition coefficient (Wildman–Crippen LogP) is 1.54. The lowest BCUT2D eigenvalue weighted by atomic mass is 10.2. The molecule has 5 nitrogen and oxygen atoms in total. The van der Waals surface area contributed by atoms with Crippen LogP contribution < -0.4 is 10.1 Å². The van der Waals surface area contributed by atoms with E-state index in [0.29, 0.717) is 10.8 Å². The van der Waals surface area contributed by atoms with Gasteiger partial charge in [0.1, 0.15) is 5.75 Å². The number of halogens is 1. The van der Waals surface area contributed by atoms with Crippen LogP contribution in [0.1, 0.15) is 12.5 Å². The number of carbonyl (C=O) groups is 1. The van der Waals surface area contributed by atoms with E-state index >= 15 is 0 Å². The molecule has 0 bridgehead atoms. The number of hydrogen-bond acceptors (Lipinski definition) is 4. The van der Waals surface area contributed by atoms with Crippen LogP contribution in [-0.4, -0.2) is 43.5 Å². The molecule has 6 heteroatoms. The van der Waals surface area contributed by atoms with Gasteiger partial charge in [-0.1, -0.05) is 11.6 Å². The number of benzene rings is 1. The van der Waals surface area contributed by atoms with Crippen LogP contribution in [0.5, 0.6) is 5.75 Å². The minimum atomic E-state index is -0.728. The third-order valence-electron chi connectivity index (χ3n) is 2.68. The topological polar surface area (TPSA) is 67.8 Å². The Morgan fingerprint density at radius 1 is 1.50 bits per heavy atom. The zero-order chi connectivity index (χ0) is 15.1. The Kier molecular flexibility index (Phi) is 6.78. The van der Waals surface area contributed by atoms with Crippen LogP contribution in [0.3, 0.4) is 0 Å².